The third-order valence-electron chi connectivity index (χ3n) is 1.92. The number of aliphatic carboxylic acids is 1. The van der Waals surface area contributed by atoms with E-state index in [4.69, 9.17) is 9.84 Å². The Kier molecular flexibility index (Phi) is 5.07. The van der Waals surface area contributed by atoms with Crippen molar-refractivity contribution < 1.29 is 24.4 Å². The Balaban J connectivity index is 2.96. The van der Waals surface area contributed by atoms with E-state index in [0.29, 0.717) is 0 Å². The maximum Gasteiger partial charge on any atom is 0.336 e. The lowest BCUT2D eigenvalue weighted by Gasteiger charge is -2.12. The fourth-order valence-electron chi connectivity index (χ4n) is 1.32. The second-order valence-corrected chi connectivity index (χ2v) is 3.86. The Bertz CT molecular complexity index is 474. The minimum atomic E-state index is -1.19. The molecule has 8 nitrogen and oxygen atoms in total. The number of nitro groups is 1. The van der Waals surface area contributed by atoms with Crippen LogP contribution in [0.25, 0.3) is 0 Å². The van der Waals surface area contributed by atoms with Crippen molar-refractivity contribution in [2.45, 2.75) is 20.0 Å². The molecule has 0 aromatic heterocycles. The number of nitrogens with one attached hydrogen (secondary N) is 1. The number of rotatable bonds is 7. The first kappa shape index (κ1) is 14.7. The summed E-state index contributed by atoms with van der Waals surface area (Å²) < 4.78 is 5.32. The SMILES string of the molecule is CC(C)Oc1cccc(NOCC(=O)O)c1[N+](=O)[O-]. The van der Waals surface area contributed by atoms with E-state index in [1.54, 1.807) is 13.8 Å². The van der Waals surface area contributed by atoms with E-state index in [-0.39, 0.29) is 23.2 Å². The van der Waals surface area contributed by atoms with Gasteiger partial charge in [-0.25, -0.2) is 4.79 Å². The van der Waals surface area contributed by atoms with Crippen LogP contribution in [-0.2, 0) is 9.63 Å². The second-order valence-electron chi connectivity index (χ2n) is 3.86. The van der Waals surface area contributed by atoms with Crippen molar-refractivity contribution in [2.75, 3.05) is 12.1 Å². The summed E-state index contributed by atoms with van der Waals surface area (Å²) in [5.41, 5.74) is 1.96. The van der Waals surface area contributed by atoms with Gasteiger partial charge in [-0.15, -0.1) is 0 Å². The molecular weight excluding hydrogens is 256 g/mol. The number of nitro benzene ring substituents is 1. The van der Waals surface area contributed by atoms with Crippen molar-refractivity contribution in [1.29, 1.82) is 0 Å². The highest BCUT2D eigenvalue weighted by molar-refractivity contribution is 5.69. The van der Waals surface area contributed by atoms with Crippen molar-refractivity contribution in [3.63, 3.8) is 0 Å². The number of carboxylic acid groups (broad SMARTS) is 1. The Hall–Kier alpha value is -2.35. The van der Waals surface area contributed by atoms with Gasteiger partial charge >= 0.3 is 11.7 Å². The predicted octanol–water partition coefficient (Wildman–Crippen LogP) is 1.81. The third-order valence-corrected chi connectivity index (χ3v) is 1.92. The smallest absolute Gasteiger partial charge is 0.336 e. The maximum atomic E-state index is 11.0. The van der Waals surface area contributed by atoms with Gasteiger partial charge in [0.1, 0.15) is 5.69 Å². The molecular formula is C11H14N2O6. The van der Waals surface area contributed by atoms with Crippen LogP contribution < -0.4 is 10.2 Å². The van der Waals surface area contributed by atoms with Gasteiger partial charge in [0.2, 0.25) is 0 Å². The van der Waals surface area contributed by atoms with Crippen molar-refractivity contribution in [3.8, 4) is 5.75 Å². The molecule has 2 N–H and O–H groups in total. The van der Waals surface area contributed by atoms with Gasteiger partial charge in [0.05, 0.1) is 11.0 Å². The Morgan fingerprint density at radius 3 is 2.74 bits per heavy atom. The Labute approximate surface area is 109 Å². The highest BCUT2D eigenvalue weighted by Crippen LogP contribution is 2.35. The van der Waals surface area contributed by atoms with Crippen LogP contribution >= 0.6 is 0 Å². The normalized spacial score (nSPS) is 10.3. The van der Waals surface area contributed by atoms with Crippen LogP contribution in [0.2, 0.25) is 0 Å². The first-order valence-electron chi connectivity index (χ1n) is 5.45. The van der Waals surface area contributed by atoms with E-state index >= 15 is 0 Å². The highest BCUT2D eigenvalue weighted by atomic mass is 16.7. The van der Waals surface area contributed by atoms with Crippen LogP contribution in [0.15, 0.2) is 18.2 Å². The molecule has 0 saturated carbocycles. The van der Waals surface area contributed by atoms with Crippen LogP contribution in [0.5, 0.6) is 5.75 Å². The van der Waals surface area contributed by atoms with Crippen molar-refractivity contribution in [1.82, 2.24) is 0 Å². The number of carbonyl (C=O) groups is 1. The van der Waals surface area contributed by atoms with Crippen LogP contribution in [0.4, 0.5) is 11.4 Å². The number of benzene rings is 1. The Morgan fingerprint density at radius 1 is 1.53 bits per heavy atom. The first-order chi connectivity index (χ1) is 8.91. The summed E-state index contributed by atoms with van der Waals surface area (Å²) in [4.78, 5) is 25.3. The summed E-state index contributed by atoms with van der Waals surface area (Å²) >= 11 is 0. The number of nitrogens with zero attached hydrogens (tertiary/aromatic N) is 1. The number of hydrogen-bond acceptors (Lipinski definition) is 6. The quantitative estimate of drug-likeness (QED) is 0.574. The summed E-state index contributed by atoms with van der Waals surface area (Å²) in [7, 11) is 0. The lowest BCUT2D eigenvalue weighted by molar-refractivity contribution is -0.385. The minimum absolute atomic E-state index is 0.0319. The molecule has 0 atom stereocenters. The van der Waals surface area contributed by atoms with Crippen LogP contribution in [0.1, 0.15) is 13.8 Å². The van der Waals surface area contributed by atoms with Gasteiger partial charge in [-0.1, -0.05) is 6.07 Å². The molecule has 1 rings (SSSR count). The summed E-state index contributed by atoms with van der Waals surface area (Å²) in [5, 5.41) is 19.5. The van der Waals surface area contributed by atoms with E-state index in [1.165, 1.54) is 18.2 Å². The molecule has 1 aromatic rings. The summed E-state index contributed by atoms with van der Waals surface area (Å²) in [6.07, 6.45) is -0.228. The van der Waals surface area contributed by atoms with Crippen LogP contribution in [0, 0.1) is 10.1 Å². The number of para-hydroxylation sites is 1. The second kappa shape index (κ2) is 6.55. The summed E-state index contributed by atoms with van der Waals surface area (Å²) in [5.74, 6) is -1.10. The van der Waals surface area contributed by atoms with Crippen molar-refractivity contribution >= 4 is 17.3 Å². The first-order valence-corrected chi connectivity index (χ1v) is 5.45. The fourth-order valence-corrected chi connectivity index (χ4v) is 1.32. The van der Waals surface area contributed by atoms with Gasteiger partial charge in [0.15, 0.2) is 12.4 Å². The number of anilines is 1. The summed E-state index contributed by atoms with van der Waals surface area (Å²) in [6.45, 7) is 2.86. The van der Waals surface area contributed by atoms with E-state index in [9.17, 15) is 14.9 Å². The van der Waals surface area contributed by atoms with Gasteiger partial charge in [-0.05, 0) is 26.0 Å². The molecule has 8 heteroatoms. The van der Waals surface area contributed by atoms with Gasteiger partial charge < -0.3 is 9.84 Å². The zero-order valence-corrected chi connectivity index (χ0v) is 10.5. The molecule has 104 valence electrons. The molecule has 0 radical (unpaired) electrons. The molecule has 19 heavy (non-hydrogen) atoms. The van der Waals surface area contributed by atoms with Gasteiger partial charge in [-0.2, -0.15) is 0 Å². The third kappa shape index (κ3) is 4.43. The topological polar surface area (TPSA) is 111 Å². The fraction of sp³-hybridized carbons (Fsp3) is 0.364. The molecule has 0 bridgehead atoms. The van der Waals surface area contributed by atoms with E-state index in [1.807, 2.05) is 0 Å². The van der Waals surface area contributed by atoms with Gasteiger partial charge in [0, 0.05) is 0 Å². The Morgan fingerprint density at radius 2 is 2.21 bits per heavy atom. The number of hydrogen-bond donors (Lipinski definition) is 2. The molecule has 0 saturated heterocycles. The average molecular weight is 270 g/mol. The number of ether oxygens (including phenoxy) is 1. The molecule has 0 fully saturated rings. The molecule has 0 aliphatic heterocycles. The molecule has 0 aliphatic rings. The molecule has 0 unspecified atom stereocenters. The molecule has 0 amide bonds. The molecule has 0 aliphatic carbocycles. The van der Waals surface area contributed by atoms with Crippen LogP contribution in [-0.4, -0.2) is 28.7 Å². The molecule has 1 aromatic carbocycles. The maximum absolute atomic E-state index is 11.0. The van der Waals surface area contributed by atoms with Gasteiger partial charge in [0.25, 0.3) is 0 Å². The summed E-state index contributed by atoms with van der Waals surface area (Å²) in [6, 6.07) is 4.39. The monoisotopic (exact) mass is 270 g/mol. The van der Waals surface area contributed by atoms with Gasteiger partial charge in [-0.3, -0.25) is 20.4 Å². The van der Waals surface area contributed by atoms with E-state index < -0.39 is 17.5 Å². The van der Waals surface area contributed by atoms with Crippen molar-refractivity contribution in [2.24, 2.45) is 0 Å². The van der Waals surface area contributed by atoms with E-state index in [2.05, 4.69) is 10.3 Å². The lowest BCUT2D eigenvalue weighted by atomic mass is 10.2. The molecule has 0 spiro atoms. The zero-order valence-electron chi connectivity index (χ0n) is 10.5. The lowest BCUT2D eigenvalue weighted by Crippen LogP contribution is -2.13. The predicted molar refractivity (Wildman–Crippen MR) is 66.1 cm³/mol. The van der Waals surface area contributed by atoms with Crippen molar-refractivity contribution in [3.05, 3.63) is 28.3 Å². The van der Waals surface area contributed by atoms with Crippen LogP contribution in [0.3, 0.4) is 0 Å². The molecule has 0 heterocycles. The highest BCUT2D eigenvalue weighted by Gasteiger charge is 2.22. The van der Waals surface area contributed by atoms with E-state index in [0.717, 1.165) is 0 Å². The average Bonchev–Trinajstić information content (AvgIpc) is 2.27. The zero-order chi connectivity index (χ0) is 14.4. The number of carboxylic acids is 1. The minimum Gasteiger partial charge on any atom is -0.484 e. The largest absolute Gasteiger partial charge is 0.484 e. The standard InChI is InChI=1S/C11H14N2O6/c1-7(2)19-9-5-3-4-8(11(9)13(16)17)12-18-6-10(14)15/h3-5,7,12H,6H2,1-2H3,(H,14,15).